The van der Waals surface area contributed by atoms with Gasteiger partial charge in [-0.1, -0.05) is 0 Å². The van der Waals surface area contributed by atoms with E-state index in [1.54, 1.807) is 25.1 Å². The molecule has 3 rings (SSSR count). The van der Waals surface area contributed by atoms with Gasteiger partial charge in [0.2, 0.25) is 0 Å². The normalized spacial score (nSPS) is 10.4. The number of rotatable bonds is 6. The minimum absolute atomic E-state index is 0.126. The van der Waals surface area contributed by atoms with Gasteiger partial charge in [0.15, 0.2) is 5.75 Å². The van der Waals surface area contributed by atoms with E-state index in [0.717, 1.165) is 11.3 Å². The predicted molar refractivity (Wildman–Crippen MR) is 96.1 cm³/mol. The van der Waals surface area contributed by atoms with Gasteiger partial charge in [-0.3, -0.25) is 14.9 Å². The van der Waals surface area contributed by atoms with Gasteiger partial charge >= 0.3 is 5.69 Å². The SMILES string of the molecule is CCOc1ccc(C(=O)Nc2ccc(-n3cnnn3)c(C)c2)cc1[N+](=O)[O-]. The van der Waals surface area contributed by atoms with Crippen LogP contribution in [-0.2, 0) is 0 Å². The van der Waals surface area contributed by atoms with E-state index in [4.69, 9.17) is 4.74 Å². The maximum atomic E-state index is 12.5. The molecule has 10 nitrogen and oxygen atoms in total. The highest BCUT2D eigenvalue weighted by atomic mass is 16.6. The smallest absolute Gasteiger partial charge is 0.311 e. The predicted octanol–water partition coefficient (Wildman–Crippen LogP) is 2.53. The zero-order chi connectivity index (χ0) is 19.4. The first-order valence-electron chi connectivity index (χ1n) is 8.06. The van der Waals surface area contributed by atoms with Crippen molar-refractivity contribution in [3.63, 3.8) is 0 Å². The van der Waals surface area contributed by atoms with E-state index < -0.39 is 10.8 Å². The number of amides is 1. The molecule has 0 fully saturated rings. The van der Waals surface area contributed by atoms with Gasteiger partial charge in [0, 0.05) is 17.3 Å². The second kappa shape index (κ2) is 7.60. The van der Waals surface area contributed by atoms with Crippen LogP contribution in [0.3, 0.4) is 0 Å². The number of carbonyl (C=O) groups is 1. The largest absolute Gasteiger partial charge is 0.487 e. The first kappa shape index (κ1) is 18.0. The van der Waals surface area contributed by atoms with Gasteiger partial charge in [0.05, 0.1) is 17.2 Å². The summed E-state index contributed by atoms with van der Waals surface area (Å²) >= 11 is 0. The maximum absolute atomic E-state index is 12.5. The van der Waals surface area contributed by atoms with Crippen LogP contribution in [0, 0.1) is 17.0 Å². The van der Waals surface area contributed by atoms with Gasteiger partial charge in [-0.15, -0.1) is 5.10 Å². The molecule has 0 saturated heterocycles. The summed E-state index contributed by atoms with van der Waals surface area (Å²) in [7, 11) is 0. The van der Waals surface area contributed by atoms with E-state index >= 15 is 0 Å². The average Bonchev–Trinajstić information content (AvgIpc) is 3.16. The molecule has 0 unspecified atom stereocenters. The average molecular weight is 368 g/mol. The Labute approximate surface area is 153 Å². The number of carbonyl (C=O) groups excluding carboxylic acids is 1. The number of nitro groups is 1. The number of benzene rings is 2. The minimum Gasteiger partial charge on any atom is -0.487 e. The highest BCUT2D eigenvalue weighted by molar-refractivity contribution is 6.05. The summed E-state index contributed by atoms with van der Waals surface area (Å²) < 4.78 is 6.73. The second-order valence-corrected chi connectivity index (χ2v) is 5.58. The van der Waals surface area contributed by atoms with Crippen LogP contribution < -0.4 is 10.1 Å². The molecule has 0 spiro atoms. The number of hydrogen-bond acceptors (Lipinski definition) is 7. The van der Waals surface area contributed by atoms with Gasteiger partial charge in [-0.25, -0.2) is 4.68 Å². The van der Waals surface area contributed by atoms with Gasteiger partial charge in [0.1, 0.15) is 6.33 Å². The summed E-state index contributed by atoms with van der Waals surface area (Å²) in [6, 6.07) is 9.32. The van der Waals surface area contributed by atoms with Crippen molar-refractivity contribution in [3.05, 3.63) is 64.0 Å². The standard InChI is InChI=1S/C17H16N6O4/c1-3-27-16-7-4-12(9-15(16)23(25)26)17(24)19-13-5-6-14(11(2)8-13)22-10-18-20-21-22/h4-10H,3H2,1-2H3,(H,19,24). The molecule has 1 amide bonds. The Hall–Kier alpha value is -3.82. The van der Waals surface area contributed by atoms with Crippen molar-refractivity contribution in [3.8, 4) is 11.4 Å². The third kappa shape index (κ3) is 3.89. The van der Waals surface area contributed by atoms with Crippen LogP contribution >= 0.6 is 0 Å². The van der Waals surface area contributed by atoms with Crippen molar-refractivity contribution in [2.45, 2.75) is 13.8 Å². The molecule has 0 aliphatic heterocycles. The van der Waals surface area contributed by atoms with E-state index in [1.807, 2.05) is 6.92 Å². The number of aromatic nitrogens is 4. The molecule has 10 heteroatoms. The third-order valence-corrected chi connectivity index (χ3v) is 3.77. The summed E-state index contributed by atoms with van der Waals surface area (Å²) in [5, 5.41) is 24.9. The summed E-state index contributed by atoms with van der Waals surface area (Å²) in [5.41, 5.74) is 2.07. The zero-order valence-electron chi connectivity index (χ0n) is 14.6. The fourth-order valence-corrected chi connectivity index (χ4v) is 2.54. The van der Waals surface area contributed by atoms with Crippen molar-refractivity contribution in [2.24, 2.45) is 0 Å². The maximum Gasteiger partial charge on any atom is 0.311 e. The highest BCUT2D eigenvalue weighted by Gasteiger charge is 2.19. The first-order chi connectivity index (χ1) is 13.0. The lowest BCUT2D eigenvalue weighted by molar-refractivity contribution is -0.385. The number of ether oxygens (including phenoxy) is 1. The second-order valence-electron chi connectivity index (χ2n) is 5.58. The third-order valence-electron chi connectivity index (χ3n) is 3.77. The number of tetrazole rings is 1. The molecule has 138 valence electrons. The van der Waals surface area contributed by atoms with E-state index in [2.05, 4.69) is 20.8 Å². The van der Waals surface area contributed by atoms with Crippen LogP contribution in [0.2, 0.25) is 0 Å². The number of anilines is 1. The number of nitrogens with zero attached hydrogens (tertiary/aromatic N) is 5. The molecular weight excluding hydrogens is 352 g/mol. The first-order valence-corrected chi connectivity index (χ1v) is 8.06. The summed E-state index contributed by atoms with van der Waals surface area (Å²) in [6.45, 7) is 3.87. The van der Waals surface area contributed by atoms with Crippen molar-refractivity contribution >= 4 is 17.3 Å². The molecule has 3 aromatic rings. The molecule has 0 radical (unpaired) electrons. The summed E-state index contributed by atoms with van der Waals surface area (Å²) in [5.74, 6) is -0.337. The summed E-state index contributed by atoms with van der Waals surface area (Å²) in [4.78, 5) is 23.1. The molecular formula is C17H16N6O4. The lowest BCUT2D eigenvalue weighted by atomic mass is 10.1. The minimum atomic E-state index is -0.577. The Kier molecular flexibility index (Phi) is 5.06. The van der Waals surface area contributed by atoms with Crippen LogP contribution in [0.1, 0.15) is 22.8 Å². The van der Waals surface area contributed by atoms with Gasteiger partial charge in [0.25, 0.3) is 5.91 Å². The van der Waals surface area contributed by atoms with Crippen LogP contribution in [-0.4, -0.2) is 37.6 Å². The van der Waals surface area contributed by atoms with E-state index in [0.29, 0.717) is 12.3 Å². The van der Waals surface area contributed by atoms with Crippen LogP contribution in [0.4, 0.5) is 11.4 Å². The zero-order valence-corrected chi connectivity index (χ0v) is 14.6. The Bertz CT molecular complexity index is 987. The summed E-state index contributed by atoms with van der Waals surface area (Å²) in [6.07, 6.45) is 1.47. The number of aryl methyl sites for hydroxylation is 1. The van der Waals surface area contributed by atoms with Crippen LogP contribution in [0.5, 0.6) is 5.75 Å². The highest BCUT2D eigenvalue weighted by Crippen LogP contribution is 2.28. The number of nitro benzene ring substituents is 1. The molecule has 1 heterocycles. The lowest BCUT2D eigenvalue weighted by Gasteiger charge is -2.10. The Balaban J connectivity index is 1.82. The van der Waals surface area contributed by atoms with E-state index in [1.165, 1.54) is 29.2 Å². The molecule has 0 atom stereocenters. The van der Waals surface area contributed by atoms with E-state index in [9.17, 15) is 14.9 Å². The fraction of sp³-hybridized carbons (Fsp3) is 0.176. The van der Waals surface area contributed by atoms with Crippen molar-refractivity contribution in [2.75, 3.05) is 11.9 Å². The molecule has 27 heavy (non-hydrogen) atoms. The molecule has 0 saturated carbocycles. The van der Waals surface area contributed by atoms with Gasteiger partial charge < -0.3 is 10.1 Å². The Morgan fingerprint density at radius 2 is 2.11 bits per heavy atom. The van der Waals surface area contributed by atoms with Crippen LogP contribution in [0.25, 0.3) is 5.69 Å². The van der Waals surface area contributed by atoms with Gasteiger partial charge in [-0.05, 0) is 60.2 Å². The molecule has 0 aliphatic rings. The van der Waals surface area contributed by atoms with Crippen molar-refractivity contribution in [1.82, 2.24) is 20.2 Å². The van der Waals surface area contributed by atoms with Crippen molar-refractivity contribution < 1.29 is 14.5 Å². The molecule has 1 N–H and O–H groups in total. The Morgan fingerprint density at radius 1 is 1.30 bits per heavy atom. The topological polar surface area (TPSA) is 125 Å². The molecule has 0 aliphatic carbocycles. The van der Waals surface area contributed by atoms with Crippen LogP contribution in [0.15, 0.2) is 42.7 Å². The number of nitrogens with one attached hydrogen (secondary N) is 1. The number of hydrogen-bond donors (Lipinski definition) is 1. The molecule has 2 aromatic carbocycles. The van der Waals surface area contributed by atoms with Gasteiger partial charge in [-0.2, -0.15) is 0 Å². The Morgan fingerprint density at radius 3 is 2.74 bits per heavy atom. The monoisotopic (exact) mass is 368 g/mol. The van der Waals surface area contributed by atoms with E-state index in [-0.39, 0.29) is 17.0 Å². The molecule has 0 bridgehead atoms. The van der Waals surface area contributed by atoms with Crippen molar-refractivity contribution in [1.29, 1.82) is 0 Å². The fourth-order valence-electron chi connectivity index (χ4n) is 2.54. The lowest BCUT2D eigenvalue weighted by Crippen LogP contribution is -2.13. The quantitative estimate of drug-likeness (QED) is 0.523. The molecule has 1 aromatic heterocycles.